The van der Waals surface area contributed by atoms with Gasteiger partial charge in [0.25, 0.3) is 0 Å². The van der Waals surface area contributed by atoms with E-state index in [9.17, 15) is 9.59 Å². The smallest absolute Gasteiger partial charge is 0.307 e. The largest absolute Gasteiger partial charge is 0.481 e. The molecule has 0 aliphatic heterocycles. The molecule has 2 aromatic rings. The molecule has 5 nitrogen and oxygen atoms in total. The van der Waals surface area contributed by atoms with Gasteiger partial charge in [0, 0.05) is 5.39 Å². The van der Waals surface area contributed by atoms with Gasteiger partial charge in [0.2, 0.25) is 5.91 Å². The van der Waals surface area contributed by atoms with E-state index in [1.54, 1.807) is 0 Å². The standard InChI is InChI=1S/C14H13NO4/c16-13(10-6-11(10)14(17)18)15-7-9-5-8-3-1-2-4-12(8)19-9/h1-5,10-11H,6-7H2,(H,15,16)(H,17,18)/t10-,11+/m1/s1. The van der Waals surface area contributed by atoms with Crippen LogP contribution < -0.4 is 5.32 Å². The van der Waals surface area contributed by atoms with E-state index in [0.717, 1.165) is 11.0 Å². The second-order valence-corrected chi connectivity index (χ2v) is 4.76. The SMILES string of the molecule is O=C(O)[C@H]1C[C@H]1C(=O)NCc1cc2ccccc2o1. The molecule has 2 N–H and O–H groups in total. The van der Waals surface area contributed by atoms with E-state index >= 15 is 0 Å². The molecule has 3 rings (SSSR count). The summed E-state index contributed by atoms with van der Waals surface area (Å²) in [7, 11) is 0. The van der Waals surface area contributed by atoms with Crippen molar-refractivity contribution in [3.05, 3.63) is 36.1 Å². The molecule has 0 bridgehead atoms. The molecule has 0 spiro atoms. The molecule has 1 aliphatic rings. The van der Waals surface area contributed by atoms with E-state index in [1.165, 1.54) is 0 Å². The predicted molar refractivity (Wildman–Crippen MR) is 67.3 cm³/mol. The Hall–Kier alpha value is -2.30. The van der Waals surface area contributed by atoms with Crippen molar-refractivity contribution in [2.75, 3.05) is 0 Å². The van der Waals surface area contributed by atoms with Crippen LogP contribution in [0.4, 0.5) is 0 Å². The Morgan fingerprint density at radius 2 is 2.11 bits per heavy atom. The van der Waals surface area contributed by atoms with Crippen LogP contribution in [-0.2, 0) is 16.1 Å². The number of fused-ring (bicyclic) bond motifs is 1. The van der Waals surface area contributed by atoms with Gasteiger partial charge >= 0.3 is 5.97 Å². The first-order valence-electron chi connectivity index (χ1n) is 6.13. The highest BCUT2D eigenvalue weighted by Gasteiger charge is 2.48. The molecule has 1 aromatic carbocycles. The summed E-state index contributed by atoms with van der Waals surface area (Å²) in [5.74, 6) is -1.35. The first kappa shape index (κ1) is 11.8. The number of carbonyl (C=O) groups excluding carboxylic acids is 1. The average molecular weight is 259 g/mol. The highest BCUT2D eigenvalue weighted by atomic mass is 16.4. The second-order valence-electron chi connectivity index (χ2n) is 4.76. The van der Waals surface area contributed by atoms with Gasteiger partial charge in [-0.3, -0.25) is 9.59 Å². The lowest BCUT2D eigenvalue weighted by molar-refractivity contribution is -0.140. The topological polar surface area (TPSA) is 79.5 Å². The number of amides is 1. The molecule has 1 saturated carbocycles. The molecule has 1 heterocycles. The zero-order valence-corrected chi connectivity index (χ0v) is 10.1. The van der Waals surface area contributed by atoms with Gasteiger partial charge in [0.15, 0.2) is 0 Å². The van der Waals surface area contributed by atoms with E-state index in [2.05, 4.69) is 5.32 Å². The van der Waals surface area contributed by atoms with Crippen molar-refractivity contribution in [2.24, 2.45) is 11.8 Å². The maximum Gasteiger partial charge on any atom is 0.307 e. The number of aliphatic carboxylic acids is 1. The van der Waals surface area contributed by atoms with Crippen molar-refractivity contribution in [1.29, 1.82) is 0 Å². The van der Waals surface area contributed by atoms with Crippen molar-refractivity contribution in [2.45, 2.75) is 13.0 Å². The number of para-hydroxylation sites is 1. The predicted octanol–water partition coefficient (Wildman–Crippen LogP) is 1.77. The minimum Gasteiger partial charge on any atom is -0.481 e. The van der Waals surface area contributed by atoms with Crippen molar-refractivity contribution in [3.63, 3.8) is 0 Å². The zero-order valence-electron chi connectivity index (χ0n) is 10.1. The summed E-state index contributed by atoms with van der Waals surface area (Å²) in [6.07, 6.45) is 0.432. The van der Waals surface area contributed by atoms with Crippen LogP contribution in [0.1, 0.15) is 12.2 Å². The number of carbonyl (C=O) groups is 2. The Morgan fingerprint density at radius 1 is 1.32 bits per heavy atom. The molecule has 0 unspecified atom stereocenters. The molecule has 5 heteroatoms. The fourth-order valence-electron chi connectivity index (χ4n) is 2.19. The number of furan rings is 1. The van der Waals surface area contributed by atoms with Crippen molar-refractivity contribution in [1.82, 2.24) is 5.32 Å². The quantitative estimate of drug-likeness (QED) is 0.877. The molecular weight excluding hydrogens is 246 g/mol. The third kappa shape index (κ3) is 2.31. The fraction of sp³-hybridized carbons (Fsp3) is 0.286. The number of benzene rings is 1. The second kappa shape index (κ2) is 4.42. The molecule has 0 saturated heterocycles. The Morgan fingerprint density at radius 3 is 2.79 bits per heavy atom. The van der Waals surface area contributed by atoms with E-state index in [0.29, 0.717) is 12.2 Å². The summed E-state index contributed by atoms with van der Waals surface area (Å²) in [6, 6.07) is 9.47. The molecule has 98 valence electrons. The summed E-state index contributed by atoms with van der Waals surface area (Å²) in [5.41, 5.74) is 0.779. The number of hydrogen-bond acceptors (Lipinski definition) is 3. The van der Waals surface area contributed by atoms with Gasteiger partial charge in [-0.05, 0) is 18.6 Å². The van der Waals surface area contributed by atoms with Gasteiger partial charge in [-0.15, -0.1) is 0 Å². The number of rotatable bonds is 4. The monoisotopic (exact) mass is 259 g/mol. The molecule has 19 heavy (non-hydrogen) atoms. The van der Waals surface area contributed by atoms with E-state index in [-0.39, 0.29) is 18.4 Å². The van der Waals surface area contributed by atoms with Gasteiger partial charge in [0.1, 0.15) is 11.3 Å². The Bertz CT molecular complexity index is 613. The fourth-order valence-corrected chi connectivity index (χ4v) is 2.19. The lowest BCUT2D eigenvalue weighted by atomic mass is 10.2. The van der Waals surface area contributed by atoms with Crippen LogP contribution >= 0.6 is 0 Å². The number of hydrogen-bond donors (Lipinski definition) is 2. The van der Waals surface area contributed by atoms with Crippen LogP contribution in [0.3, 0.4) is 0 Å². The maximum absolute atomic E-state index is 11.7. The summed E-state index contributed by atoms with van der Waals surface area (Å²) in [6.45, 7) is 0.288. The van der Waals surface area contributed by atoms with Gasteiger partial charge < -0.3 is 14.8 Å². The highest BCUT2D eigenvalue weighted by molar-refractivity contribution is 5.89. The Labute approximate surface area is 109 Å². The summed E-state index contributed by atoms with van der Waals surface area (Å²) in [4.78, 5) is 22.4. The Balaban J connectivity index is 1.60. The van der Waals surface area contributed by atoms with Crippen molar-refractivity contribution in [3.8, 4) is 0 Å². The third-order valence-electron chi connectivity index (χ3n) is 3.36. The van der Waals surface area contributed by atoms with Gasteiger partial charge in [-0.2, -0.15) is 0 Å². The van der Waals surface area contributed by atoms with Crippen molar-refractivity contribution < 1.29 is 19.1 Å². The first-order chi connectivity index (χ1) is 9.15. The molecule has 0 radical (unpaired) electrons. The molecule has 1 amide bonds. The molecule has 2 atom stereocenters. The highest BCUT2D eigenvalue weighted by Crippen LogP contribution is 2.38. The summed E-state index contributed by atoms with van der Waals surface area (Å²) in [5, 5.41) is 12.5. The number of nitrogens with one attached hydrogen (secondary N) is 1. The minimum absolute atomic E-state index is 0.215. The van der Waals surface area contributed by atoms with Crippen LogP contribution in [0.15, 0.2) is 34.7 Å². The molecular formula is C14H13NO4. The van der Waals surface area contributed by atoms with Crippen molar-refractivity contribution >= 4 is 22.8 Å². The van der Waals surface area contributed by atoms with E-state index < -0.39 is 11.9 Å². The van der Waals surface area contributed by atoms with Crippen LogP contribution in [0, 0.1) is 11.8 Å². The number of carboxylic acids is 1. The van der Waals surface area contributed by atoms with E-state index in [1.807, 2.05) is 30.3 Å². The van der Waals surface area contributed by atoms with Gasteiger partial charge in [-0.1, -0.05) is 18.2 Å². The van der Waals surface area contributed by atoms with Gasteiger partial charge in [0.05, 0.1) is 18.4 Å². The lowest BCUT2D eigenvalue weighted by Crippen LogP contribution is -2.25. The lowest BCUT2D eigenvalue weighted by Gasteiger charge is -2.01. The molecule has 1 aliphatic carbocycles. The van der Waals surface area contributed by atoms with Gasteiger partial charge in [-0.25, -0.2) is 0 Å². The molecule has 1 fully saturated rings. The Kier molecular flexibility index (Phi) is 2.74. The van der Waals surface area contributed by atoms with E-state index in [4.69, 9.17) is 9.52 Å². The van der Waals surface area contributed by atoms with Crippen LogP contribution in [0.5, 0.6) is 0 Å². The summed E-state index contributed by atoms with van der Waals surface area (Å²) >= 11 is 0. The molecule has 1 aromatic heterocycles. The number of carboxylic acid groups (broad SMARTS) is 1. The maximum atomic E-state index is 11.7. The van der Waals surface area contributed by atoms with Crippen LogP contribution in [-0.4, -0.2) is 17.0 Å². The minimum atomic E-state index is -0.899. The first-order valence-corrected chi connectivity index (χ1v) is 6.13. The third-order valence-corrected chi connectivity index (χ3v) is 3.36. The van der Waals surface area contributed by atoms with Crippen LogP contribution in [0.25, 0.3) is 11.0 Å². The normalized spacial score (nSPS) is 21.3. The zero-order chi connectivity index (χ0) is 13.4. The summed E-state index contributed by atoms with van der Waals surface area (Å²) < 4.78 is 5.56. The van der Waals surface area contributed by atoms with Crippen LogP contribution in [0.2, 0.25) is 0 Å². The average Bonchev–Trinajstić information content (AvgIpc) is 3.09.